The lowest BCUT2D eigenvalue weighted by molar-refractivity contribution is -0.129. The standard InChI is InChI=1S/C27H26ClN3O4/c1-17(2)24(25(32)29-20-12-14-21(35-3)15-13-20)30(16-18-8-10-19(28)11-9-18)31-26(33)22-6-4-5-7-23(22)27(31)34/h4-15,17,24H,16H2,1-3H3,(H,29,32). The van der Waals surface area contributed by atoms with Crippen LogP contribution in [0.25, 0.3) is 0 Å². The molecule has 3 amide bonds. The fourth-order valence-corrected chi connectivity index (χ4v) is 4.28. The van der Waals surface area contributed by atoms with Gasteiger partial charge in [0.1, 0.15) is 11.8 Å². The number of fused-ring (bicyclic) bond motifs is 1. The number of nitrogens with zero attached hydrogens (tertiary/aromatic N) is 2. The van der Waals surface area contributed by atoms with Gasteiger partial charge in [0, 0.05) is 17.3 Å². The molecular formula is C27H26ClN3O4. The fraction of sp³-hybridized carbons (Fsp3) is 0.222. The van der Waals surface area contributed by atoms with Gasteiger partial charge in [-0.15, -0.1) is 0 Å². The van der Waals surface area contributed by atoms with Gasteiger partial charge in [-0.05, 0) is 60.0 Å². The third-order valence-corrected chi connectivity index (χ3v) is 6.12. The van der Waals surface area contributed by atoms with Crippen molar-refractivity contribution in [3.8, 4) is 5.75 Å². The highest BCUT2D eigenvalue weighted by Gasteiger charge is 2.44. The average Bonchev–Trinajstić information content (AvgIpc) is 3.10. The van der Waals surface area contributed by atoms with E-state index in [1.54, 1.807) is 72.8 Å². The van der Waals surface area contributed by atoms with Gasteiger partial charge in [-0.3, -0.25) is 14.4 Å². The smallest absolute Gasteiger partial charge is 0.276 e. The molecule has 0 aliphatic carbocycles. The number of halogens is 1. The minimum atomic E-state index is -0.824. The lowest BCUT2D eigenvalue weighted by Crippen LogP contribution is -2.57. The molecule has 1 atom stereocenters. The fourth-order valence-electron chi connectivity index (χ4n) is 4.15. The van der Waals surface area contributed by atoms with Crippen molar-refractivity contribution in [2.24, 2.45) is 5.92 Å². The number of hydrazine groups is 1. The minimum absolute atomic E-state index is 0.154. The maximum atomic E-state index is 13.6. The highest BCUT2D eigenvalue weighted by Crippen LogP contribution is 2.29. The Balaban J connectivity index is 1.71. The number of hydrogen-bond acceptors (Lipinski definition) is 5. The first kappa shape index (κ1) is 24.4. The predicted octanol–water partition coefficient (Wildman–Crippen LogP) is 5.03. The number of carbonyl (C=O) groups excluding carboxylic acids is 3. The second kappa shape index (κ2) is 10.3. The van der Waals surface area contributed by atoms with Crippen molar-refractivity contribution in [1.29, 1.82) is 0 Å². The molecule has 7 nitrogen and oxygen atoms in total. The molecule has 0 saturated carbocycles. The van der Waals surface area contributed by atoms with Crippen molar-refractivity contribution in [3.05, 3.63) is 94.5 Å². The second-order valence-electron chi connectivity index (χ2n) is 8.60. The van der Waals surface area contributed by atoms with Crippen LogP contribution in [-0.4, -0.2) is 40.9 Å². The summed E-state index contributed by atoms with van der Waals surface area (Å²) in [5, 5.41) is 6.13. The van der Waals surface area contributed by atoms with Gasteiger partial charge in [-0.25, -0.2) is 5.01 Å². The molecule has 1 aliphatic heterocycles. The first-order valence-electron chi connectivity index (χ1n) is 11.2. The van der Waals surface area contributed by atoms with Gasteiger partial charge in [0.2, 0.25) is 5.91 Å². The van der Waals surface area contributed by atoms with Crippen molar-refractivity contribution in [3.63, 3.8) is 0 Å². The van der Waals surface area contributed by atoms with Gasteiger partial charge in [0.05, 0.1) is 18.2 Å². The lowest BCUT2D eigenvalue weighted by atomic mass is 10.0. The Bertz CT molecular complexity index is 1210. The van der Waals surface area contributed by atoms with Gasteiger partial charge in [0.15, 0.2) is 0 Å². The number of imide groups is 1. The molecule has 0 saturated heterocycles. The Morgan fingerprint density at radius 1 is 0.943 bits per heavy atom. The molecule has 0 spiro atoms. The van der Waals surface area contributed by atoms with Crippen LogP contribution in [-0.2, 0) is 11.3 Å². The zero-order valence-corrected chi connectivity index (χ0v) is 20.5. The summed E-state index contributed by atoms with van der Waals surface area (Å²) in [6.45, 7) is 3.91. The number of amides is 3. The van der Waals surface area contributed by atoms with Crippen LogP contribution in [0.2, 0.25) is 5.02 Å². The van der Waals surface area contributed by atoms with E-state index in [1.165, 1.54) is 0 Å². The molecule has 1 N–H and O–H groups in total. The molecule has 3 aromatic rings. The molecule has 0 aromatic heterocycles. The van der Waals surface area contributed by atoms with E-state index in [1.807, 2.05) is 26.0 Å². The zero-order valence-electron chi connectivity index (χ0n) is 19.7. The van der Waals surface area contributed by atoms with Gasteiger partial charge in [-0.1, -0.05) is 49.7 Å². The topological polar surface area (TPSA) is 79.0 Å². The first-order valence-corrected chi connectivity index (χ1v) is 11.6. The van der Waals surface area contributed by atoms with Gasteiger partial charge < -0.3 is 10.1 Å². The van der Waals surface area contributed by atoms with E-state index in [0.717, 1.165) is 10.6 Å². The number of rotatable bonds is 8. The third kappa shape index (κ3) is 5.06. The Labute approximate surface area is 209 Å². The molecular weight excluding hydrogens is 466 g/mol. The predicted molar refractivity (Wildman–Crippen MR) is 134 cm³/mol. The van der Waals surface area contributed by atoms with Crippen LogP contribution in [0.15, 0.2) is 72.8 Å². The lowest BCUT2D eigenvalue weighted by Gasteiger charge is -2.38. The summed E-state index contributed by atoms with van der Waals surface area (Å²) in [4.78, 5) is 40.3. The van der Waals surface area contributed by atoms with Crippen molar-refractivity contribution in [2.75, 3.05) is 12.4 Å². The number of nitrogens with one attached hydrogen (secondary N) is 1. The minimum Gasteiger partial charge on any atom is -0.497 e. The van der Waals surface area contributed by atoms with Crippen LogP contribution in [0.5, 0.6) is 5.75 Å². The van der Waals surface area contributed by atoms with Crippen LogP contribution < -0.4 is 10.1 Å². The maximum absolute atomic E-state index is 13.6. The summed E-state index contributed by atoms with van der Waals surface area (Å²) < 4.78 is 5.18. The molecule has 1 unspecified atom stereocenters. The van der Waals surface area contributed by atoms with Crippen molar-refractivity contribution < 1.29 is 19.1 Å². The SMILES string of the molecule is COc1ccc(NC(=O)C(C(C)C)N(Cc2ccc(Cl)cc2)N2C(=O)c3ccccc3C2=O)cc1. The molecule has 35 heavy (non-hydrogen) atoms. The Morgan fingerprint density at radius 3 is 2.03 bits per heavy atom. The maximum Gasteiger partial charge on any atom is 0.276 e. The van der Waals surface area contributed by atoms with Crippen molar-refractivity contribution in [2.45, 2.75) is 26.4 Å². The number of ether oxygens (including phenoxy) is 1. The van der Waals surface area contributed by atoms with E-state index >= 15 is 0 Å². The highest BCUT2D eigenvalue weighted by molar-refractivity contribution is 6.30. The Morgan fingerprint density at radius 2 is 1.51 bits per heavy atom. The number of benzene rings is 3. The number of anilines is 1. The molecule has 0 bridgehead atoms. The van der Waals surface area contributed by atoms with E-state index in [-0.39, 0.29) is 18.4 Å². The normalized spacial score (nSPS) is 13.8. The average molecular weight is 492 g/mol. The van der Waals surface area contributed by atoms with E-state index in [2.05, 4.69) is 5.32 Å². The molecule has 0 radical (unpaired) electrons. The van der Waals surface area contributed by atoms with Gasteiger partial charge >= 0.3 is 0 Å². The number of hydrogen-bond donors (Lipinski definition) is 1. The second-order valence-corrected chi connectivity index (χ2v) is 9.03. The number of methoxy groups -OCH3 is 1. The summed E-state index contributed by atoms with van der Waals surface area (Å²) in [6.07, 6.45) is 0. The van der Waals surface area contributed by atoms with Crippen LogP contribution in [0.1, 0.15) is 40.1 Å². The van der Waals surface area contributed by atoms with Crippen LogP contribution in [0.3, 0.4) is 0 Å². The Hall–Kier alpha value is -3.68. The molecule has 1 heterocycles. The van der Waals surface area contributed by atoms with Crippen molar-refractivity contribution >= 4 is 35.0 Å². The van der Waals surface area contributed by atoms with E-state index in [4.69, 9.17) is 16.3 Å². The monoisotopic (exact) mass is 491 g/mol. The summed E-state index contributed by atoms with van der Waals surface area (Å²) >= 11 is 6.05. The zero-order chi connectivity index (χ0) is 25.1. The number of carbonyl (C=O) groups is 3. The molecule has 8 heteroatoms. The molecule has 1 aliphatic rings. The van der Waals surface area contributed by atoms with E-state index in [0.29, 0.717) is 27.6 Å². The molecule has 0 fully saturated rings. The molecule has 4 rings (SSSR count). The summed E-state index contributed by atoms with van der Waals surface area (Å²) in [5.41, 5.74) is 2.01. The summed E-state index contributed by atoms with van der Waals surface area (Å²) in [5.74, 6) is -0.815. The highest BCUT2D eigenvalue weighted by atomic mass is 35.5. The summed E-state index contributed by atoms with van der Waals surface area (Å²) in [7, 11) is 1.57. The van der Waals surface area contributed by atoms with Crippen LogP contribution in [0.4, 0.5) is 5.69 Å². The molecule has 3 aromatic carbocycles. The van der Waals surface area contributed by atoms with E-state index < -0.39 is 17.9 Å². The Kier molecular flexibility index (Phi) is 7.19. The van der Waals surface area contributed by atoms with Crippen LogP contribution >= 0.6 is 11.6 Å². The van der Waals surface area contributed by atoms with Crippen LogP contribution in [0, 0.1) is 5.92 Å². The first-order chi connectivity index (χ1) is 16.8. The van der Waals surface area contributed by atoms with E-state index in [9.17, 15) is 14.4 Å². The van der Waals surface area contributed by atoms with Crippen molar-refractivity contribution in [1.82, 2.24) is 10.0 Å². The van der Waals surface area contributed by atoms with Gasteiger partial charge in [0.25, 0.3) is 11.8 Å². The summed E-state index contributed by atoms with van der Waals surface area (Å²) in [6, 6.07) is 19.9. The largest absolute Gasteiger partial charge is 0.497 e. The quantitative estimate of drug-likeness (QED) is 0.447. The third-order valence-electron chi connectivity index (χ3n) is 5.87. The molecule has 180 valence electrons. The van der Waals surface area contributed by atoms with Gasteiger partial charge in [-0.2, -0.15) is 5.01 Å².